The number of nitrogens with zero attached hydrogens (tertiary/aromatic N) is 1. The van der Waals surface area contributed by atoms with Gasteiger partial charge in [0.2, 0.25) is 0 Å². The second kappa shape index (κ2) is 10.1. The quantitative estimate of drug-likeness (QED) is 0.318. The molecule has 0 bridgehead atoms. The normalized spacial score (nSPS) is 14.1. The molecule has 0 radical (unpaired) electrons. The molecule has 172 valence electrons. The number of rotatable bonds is 6. The topological polar surface area (TPSA) is 34.0 Å². The lowest BCUT2D eigenvalue weighted by Crippen LogP contribution is -2.27. The van der Waals surface area contributed by atoms with Crippen LogP contribution in [0.15, 0.2) is 91.0 Å². The fourth-order valence-corrected chi connectivity index (χ4v) is 5.00. The van der Waals surface area contributed by atoms with Crippen LogP contribution < -0.4 is 5.32 Å². The first-order valence-electron chi connectivity index (χ1n) is 12.4. The van der Waals surface area contributed by atoms with E-state index in [0.29, 0.717) is 12.1 Å². The van der Waals surface area contributed by atoms with E-state index < -0.39 is 0 Å². The number of amides is 1. The minimum Gasteiger partial charge on any atom is -0.351 e. The summed E-state index contributed by atoms with van der Waals surface area (Å²) < 4.78 is 2.41. The van der Waals surface area contributed by atoms with E-state index in [1.165, 1.54) is 47.3 Å². The Labute approximate surface area is 202 Å². The zero-order chi connectivity index (χ0) is 23.3. The predicted molar refractivity (Wildman–Crippen MR) is 140 cm³/mol. The minimum atomic E-state index is -0.0241. The molecule has 1 aliphatic rings. The second-order valence-electron chi connectivity index (χ2n) is 9.33. The summed E-state index contributed by atoms with van der Waals surface area (Å²) in [4.78, 5) is 12.8. The van der Waals surface area contributed by atoms with Gasteiger partial charge < -0.3 is 9.88 Å². The average Bonchev–Trinajstić information content (AvgIpc) is 3.10. The monoisotopic (exact) mass is 448 g/mol. The standard InChI is InChI=1S/C31H32N2O/c1-23(24-11-5-2-6-12-24)22-32-31(34)26-17-19-28(20-18-26)33-29-16-10-4-9-15-27(29)21-30(33)25-13-7-3-8-14-25/h2-3,5-8,11-14,17-21,23H,4,9-10,15-16,22H2,1H3,(H,32,34). The van der Waals surface area contributed by atoms with Gasteiger partial charge in [0, 0.05) is 23.5 Å². The number of aromatic nitrogens is 1. The molecule has 1 aromatic heterocycles. The van der Waals surface area contributed by atoms with Gasteiger partial charge in [-0.1, -0.05) is 74.0 Å². The molecule has 3 aromatic carbocycles. The van der Waals surface area contributed by atoms with Crippen LogP contribution in [-0.2, 0) is 12.8 Å². The van der Waals surface area contributed by atoms with Crippen molar-refractivity contribution in [2.45, 2.75) is 44.9 Å². The molecule has 0 aliphatic heterocycles. The van der Waals surface area contributed by atoms with E-state index >= 15 is 0 Å². The number of aryl methyl sites for hydroxylation is 1. The van der Waals surface area contributed by atoms with Crippen LogP contribution in [0, 0.1) is 0 Å². The smallest absolute Gasteiger partial charge is 0.251 e. The minimum absolute atomic E-state index is 0.0241. The van der Waals surface area contributed by atoms with E-state index in [0.717, 1.165) is 18.5 Å². The van der Waals surface area contributed by atoms with E-state index in [1.54, 1.807) is 0 Å². The maximum atomic E-state index is 12.8. The van der Waals surface area contributed by atoms with Crippen molar-refractivity contribution in [3.05, 3.63) is 113 Å². The van der Waals surface area contributed by atoms with Crippen molar-refractivity contribution >= 4 is 5.91 Å². The van der Waals surface area contributed by atoms with Crippen molar-refractivity contribution in [2.75, 3.05) is 6.54 Å². The van der Waals surface area contributed by atoms with Gasteiger partial charge in [-0.2, -0.15) is 0 Å². The van der Waals surface area contributed by atoms with Gasteiger partial charge in [-0.3, -0.25) is 4.79 Å². The van der Waals surface area contributed by atoms with Crippen molar-refractivity contribution < 1.29 is 4.79 Å². The lowest BCUT2D eigenvalue weighted by Gasteiger charge is -2.16. The number of benzene rings is 3. The van der Waals surface area contributed by atoms with Gasteiger partial charge >= 0.3 is 0 Å². The lowest BCUT2D eigenvalue weighted by molar-refractivity contribution is 0.0951. The van der Waals surface area contributed by atoms with Crippen LogP contribution in [0.25, 0.3) is 16.9 Å². The molecule has 5 rings (SSSR count). The molecule has 34 heavy (non-hydrogen) atoms. The SMILES string of the molecule is CC(CNC(=O)c1ccc(-n2c(-c3ccccc3)cc3c2CCCCC3)cc1)c1ccccc1. The first-order valence-corrected chi connectivity index (χ1v) is 12.4. The van der Waals surface area contributed by atoms with E-state index in [-0.39, 0.29) is 11.8 Å². The van der Waals surface area contributed by atoms with Crippen LogP contribution >= 0.6 is 0 Å². The van der Waals surface area contributed by atoms with E-state index in [1.807, 2.05) is 30.3 Å². The molecule has 1 N–H and O–H groups in total. The van der Waals surface area contributed by atoms with Crippen LogP contribution in [-0.4, -0.2) is 17.0 Å². The third-order valence-corrected chi connectivity index (χ3v) is 6.95. The molecule has 3 nitrogen and oxygen atoms in total. The van der Waals surface area contributed by atoms with Crippen molar-refractivity contribution in [3.63, 3.8) is 0 Å². The summed E-state index contributed by atoms with van der Waals surface area (Å²) in [5.41, 5.74) is 8.41. The molecule has 1 atom stereocenters. The second-order valence-corrected chi connectivity index (χ2v) is 9.33. The fourth-order valence-electron chi connectivity index (χ4n) is 5.00. The van der Waals surface area contributed by atoms with Gasteiger partial charge in [0.1, 0.15) is 0 Å². The maximum Gasteiger partial charge on any atom is 0.251 e. The number of carbonyl (C=O) groups excluding carboxylic acids is 1. The van der Waals surface area contributed by atoms with Crippen molar-refractivity contribution in [1.82, 2.24) is 9.88 Å². The molecule has 4 aromatic rings. The van der Waals surface area contributed by atoms with Gasteiger partial charge in [0.25, 0.3) is 5.91 Å². The van der Waals surface area contributed by atoms with E-state index in [4.69, 9.17) is 0 Å². The van der Waals surface area contributed by atoms with Gasteiger partial charge in [-0.25, -0.2) is 0 Å². The van der Waals surface area contributed by atoms with E-state index in [2.05, 4.69) is 77.5 Å². The molecule has 0 saturated heterocycles. The fraction of sp³-hybridized carbons (Fsp3) is 0.258. The van der Waals surface area contributed by atoms with Gasteiger partial charge in [-0.05, 0) is 78.6 Å². The number of hydrogen-bond donors (Lipinski definition) is 1. The third-order valence-electron chi connectivity index (χ3n) is 6.95. The summed E-state index contributed by atoms with van der Waals surface area (Å²) in [6, 6.07) is 31.4. The molecular formula is C31H32N2O. The number of nitrogens with one attached hydrogen (secondary N) is 1. The Morgan fingerprint density at radius 2 is 1.53 bits per heavy atom. The molecule has 0 fully saturated rings. The van der Waals surface area contributed by atoms with Gasteiger partial charge in [0.05, 0.1) is 5.69 Å². The predicted octanol–water partition coefficient (Wildman–Crippen LogP) is 6.95. The number of carbonyl (C=O) groups is 1. The first kappa shape index (κ1) is 22.2. The Kier molecular flexibility index (Phi) is 6.62. The summed E-state index contributed by atoms with van der Waals surface area (Å²) in [5, 5.41) is 3.10. The third kappa shape index (κ3) is 4.70. The van der Waals surface area contributed by atoms with Gasteiger partial charge in [-0.15, -0.1) is 0 Å². The Morgan fingerprint density at radius 1 is 0.853 bits per heavy atom. The number of fused-ring (bicyclic) bond motifs is 1. The van der Waals surface area contributed by atoms with Gasteiger partial charge in [0.15, 0.2) is 0 Å². The highest BCUT2D eigenvalue weighted by Gasteiger charge is 2.19. The van der Waals surface area contributed by atoms with Crippen molar-refractivity contribution in [3.8, 4) is 16.9 Å². The first-order chi connectivity index (χ1) is 16.7. The maximum absolute atomic E-state index is 12.8. The zero-order valence-corrected chi connectivity index (χ0v) is 19.8. The summed E-state index contributed by atoms with van der Waals surface area (Å²) in [5.74, 6) is 0.247. The molecular weight excluding hydrogens is 416 g/mol. The summed E-state index contributed by atoms with van der Waals surface area (Å²) in [7, 11) is 0. The molecule has 1 unspecified atom stereocenters. The molecule has 0 saturated carbocycles. The number of hydrogen-bond acceptors (Lipinski definition) is 1. The Morgan fingerprint density at radius 3 is 2.26 bits per heavy atom. The van der Waals surface area contributed by atoms with Crippen LogP contribution in [0.4, 0.5) is 0 Å². The average molecular weight is 449 g/mol. The molecule has 1 aliphatic carbocycles. The largest absolute Gasteiger partial charge is 0.351 e. The van der Waals surface area contributed by atoms with E-state index in [9.17, 15) is 4.79 Å². The summed E-state index contributed by atoms with van der Waals surface area (Å²) in [6.07, 6.45) is 6.01. The van der Waals surface area contributed by atoms with Crippen molar-refractivity contribution in [2.24, 2.45) is 0 Å². The Hall–Kier alpha value is -3.59. The molecule has 3 heteroatoms. The molecule has 0 spiro atoms. The molecule has 1 amide bonds. The highest BCUT2D eigenvalue weighted by Crippen LogP contribution is 2.33. The van der Waals surface area contributed by atoms with Crippen LogP contribution in [0.1, 0.15) is 59.3 Å². The Bertz CT molecular complexity index is 1240. The molecule has 1 heterocycles. The Balaban J connectivity index is 1.39. The summed E-state index contributed by atoms with van der Waals surface area (Å²) >= 11 is 0. The van der Waals surface area contributed by atoms with Crippen LogP contribution in [0.3, 0.4) is 0 Å². The lowest BCUT2D eigenvalue weighted by atomic mass is 10.0. The zero-order valence-electron chi connectivity index (χ0n) is 19.8. The van der Waals surface area contributed by atoms with Crippen molar-refractivity contribution in [1.29, 1.82) is 0 Å². The highest BCUT2D eigenvalue weighted by atomic mass is 16.1. The highest BCUT2D eigenvalue weighted by molar-refractivity contribution is 5.94. The van der Waals surface area contributed by atoms with Crippen LogP contribution in [0.5, 0.6) is 0 Å². The van der Waals surface area contributed by atoms with Crippen LogP contribution in [0.2, 0.25) is 0 Å². The summed E-state index contributed by atoms with van der Waals surface area (Å²) in [6.45, 7) is 2.76.